The van der Waals surface area contributed by atoms with Gasteiger partial charge in [-0.3, -0.25) is 9.59 Å². The maximum absolute atomic E-state index is 13.2. The molecular formula is C26H38ClNO6S. The highest BCUT2D eigenvalue weighted by molar-refractivity contribution is 7.09. The zero-order valence-corrected chi connectivity index (χ0v) is 23.0. The second-order valence-corrected chi connectivity index (χ2v) is 12.4. The molecule has 2 aliphatic heterocycles. The van der Waals surface area contributed by atoms with Crippen LogP contribution in [0.5, 0.6) is 0 Å². The highest BCUT2D eigenvalue weighted by Crippen LogP contribution is 2.45. The van der Waals surface area contributed by atoms with Crippen molar-refractivity contribution in [2.45, 2.75) is 104 Å². The van der Waals surface area contributed by atoms with E-state index in [1.807, 2.05) is 26.2 Å². The summed E-state index contributed by atoms with van der Waals surface area (Å²) in [6.07, 6.45) is 1.08. The Hall–Kier alpha value is -1.32. The first kappa shape index (κ1) is 28.3. The summed E-state index contributed by atoms with van der Waals surface area (Å²) in [5.74, 6) is -1.70. The van der Waals surface area contributed by atoms with Gasteiger partial charge in [-0.15, -0.1) is 11.3 Å². The second-order valence-electron chi connectivity index (χ2n) is 10.9. The van der Waals surface area contributed by atoms with E-state index in [4.69, 9.17) is 21.1 Å². The minimum absolute atomic E-state index is 0.0905. The number of carbonyl (C=O) groups is 2. The van der Waals surface area contributed by atoms with Crippen LogP contribution in [0.4, 0.5) is 0 Å². The highest BCUT2D eigenvalue weighted by atomic mass is 35.5. The molecule has 0 spiro atoms. The normalized spacial score (nSPS) is 37.5. The summed E-state index contributed by atoms with van der Waals surface area (Å²) in [6.45, 7) is 10.7. The number of epoxide rings is 1. The van der Waals surface area contributed by atoms with Crippen molar-refractivity contribution in [3.05, 3.63) is 21.1 Å². The summed E-state index contributed by atoms with van der Waals surface area (Å²) in [4.78, 5) is 30.5. The van der Waals surface area contributed by atoms with E-state index in [0.717, 1.165) is 24.3 Å². The van der Waals surface area contributed by atoms with Gasteiger partial charge in [0.1, 0.15) is 11.9 Å². The number of aliphatic hydroxyl groups excluding tert-OH is 2. The van der Waals surface area contributed by atoms with Crippen molar-refractivity contribution in [2.24, 2.45) is 17.3 Å². The highest BCUT2D eigenvalue weighted by Gasteiger charge is 2.53. The fraction of sp³-hybridized carbons (Fsp3) is 0.731. The summed E-state index contributed by atoms with van der Waals surface area (Å²) in [5.41, 5.74) is -0.904. The first-order valence-electron chi connectivity index (χ1n) is 12.3. The Bertz CT molecular complexity index is 961. The number of Topliss-reactive ketones (excluding diaryl/α,β-unsaturated/α-hetero) is 1. The standard InChI is InChI=1S/C26H38ClNO6S/c1-14-8-7-9-26(6)21(34-26)11-19(18(27)10-17-13-35-16(3)28-17)33-22(30)12-20(29)25(4,5)24(32)15(2)23(14)31/h10,13-15,19-21,23,29,31H,7-9,11-12H2,1-6H3/t14-,15+,19-,20-,21?,23-,26?/m0/s1. The zero-order chi connectivity index (χ0) is 26.1. The first-order valence-corrected chi connectivity index (χ1v) is 13.6. The number of esters is 1. The average molecular weight is 528 g/mol. The number of fused-ring (bicyclic) bond motifs is 1. The van der Waals surface area contributed by atoms with Gasteiger partial charge in [-0.2, -0.15) is 0 Å². The molecule has 7 atom stereocenters. The van der Waals surface area contributed by atoms with Crippen LogP contribution in [0.1, 0.15) is 77.4 Å². The summed E-state index contributed by atoms with van der Waals surface area (Å²) < 4.78 is 11.7. The van der Waals surface area contributed by atoms with E-state index in [1.54, 1.807) is 26.8 Å². The van der Waals surface area contributed by atoms with E-state index >= 15 is 0 Å². The minimum atomic E-state index is -1.27. The van der Waals surface area contributed by atoms with Gasteiger partial charge in [-0.05, 0) is 38.7 Å². The van der Waals surface area contributed by atoms with Crippen molar-refractivity contribution in [3.8, 4) is 0 Å². The number of aliphatic hydroxyl groups is 2. The van der Waals surface area contributed by atoms with Crippen LogP contribution in [0.15, 0.2) is 10.4 Å². The van der Waals surface area contributed by atoms with Gasteiger partial charge < -0.3 is 19.7 Å². The van der Waals surface area contributed by atoms with Crippen molar-refractivity contribution in [1.82, 2.24) is 4.98 Å². The molecule has 0 radical (unpaired) electrons. The Morgan fingerprint density at radius 2 is 1.94 bits per heavy atom. The number of cyclic esters (lactones) is 1. The molecule has 0 aromatic carbocycles. The number of rotatable bonds is 2. The van der Waals surface area contributed by atoms with Crippen molar-refractivity contribution in [3.63, 3.8) is 0 Å². The Morgan fingerprint density at radius 3 is 2.57 bits per heavy atom. The van der Waals surface area contributed by atoms with Crippen molar-refractivity contribution < 1.29 is 29.3 Å². The molecule has 1 aromatic heterocycles. The number of carbonyl (C=O) groups excluding carboxylic acids is 2. The lowest BCUT2D eigenvalue weighted by Crippen LogP contribution is -2.45. The number of thiazole rings is 1. The maximum Gasteiger partial charge on any atom is 0.309 e. The summed E-state index contributed by atoms with van der Waals surface area (Å²) in [6, 6.07) is 0. The minimum Gasteiger partial charge on any atom is -0.456 e. The third kappa shape index (κ3) is 6.72. The average Bonchev–Trinajstić information content (AvgIpc) is 3.22. The number of ketones is 1. The summed E-state index contributed by atoms with van der Waals surface area (Å²) >= 11 is 8.11. The van der Waals surface area contributed by atoms with Gasteiger partial charge in [-0.1, -0.05) is 45.7 Å². The third-order valence-corrected chi connectivity index (χ3v) is 8.78. The van der Waals surface area contributed by atoms with Crippen LogP contribution in [0.25, 0.3) is 6.08 Å². The molecule has 2 fully saturated rings. The van der Waals surface area contributed by atoms with Gasteiger partial charge in [0.05, 0.1) is 51.5 Å². The summed E-state index contributed by atoms with van der Waals surface area (Å²) in [5, 5.41) is 24.8. The predicted octanol–water partition coefficient (Wildman–Crippen LogP) is 4.65. The molecule has 3 heterocycles. The molecule has 2 aliphatic rings. The van der Waals surface area contributed by atoms with Crippen LogP contribution in [0.2, 0.25) is 0 Å². The molecule has 196 valence electrons. The first-order chi connectivity index (χ1) is 16.2. The van der Waals surface area contributed by atoms with Crippen LogP contribution in [-0.2, 0) is 19.1 Å². The molecule has 0 bridgehead atoms. The SMILES string of the molecule is Cc1nc(C=C(Cl)[C@@H]2CC3OC3(C)CCC[C@H](C)[C@H](O)[C@@H](C)C(=O)C(C)(C)[C@@H](O)CC(=O)O2)cs1. The number of halogens is 1. The van der Waals surface area contributed by atoms with E-state index in [1.165, 1.54) is 11.3 Å². The van der Waals surface area contributed by atoms with Crippen molar-refractivity contribution in [2.75, 3.05) is 0 Å². The van der Waals surface area contributed by atoms with E-state index < -0.39 is 35.6 Å². The number of nitrogens with zero attached hydrogens (tertiary/aromatic N) is 1. The molecule has 0 saturated carbocycles. The monoisotopic (exact) mass is 527 g/mol. The molecule has 3 rings (SSSR count). The predicted molar refractivity (Wildman–Crippen MR) is 136 cm³/mol. The van der Waals surface area contributed by atoms with Crippen LogP contribution >= 0.6 is 22.9 Å². The van der Waals surface area contributed by atoms with Crippen LogP contribution < -0.4 is 0 Å². The quantitative estimate of drug-likeness (QED) is 0.425. The molecule has 1 aromatic rings. The lowest BCUT2D eigenvalue weighted by Gasteiger charge is -2.34. The van der Waals surface area contributed by atoms with E-state index in [-0.39, 0.29) is 29.8 Å². The van der Waals surface area contributed by atoms with Gasteiger partial charge in [0, 0.05) is 17.7 Å². The Labute approximate surface area is 216 Å². The van der Waals surface area contributed by atoms with Crippen LogP contribution in [0.3, 0.4) is 0 Å². The zero-order valence-electron chi connectivity index (χ0n) is 21.4. The lowest BCUT2D eigenvalue weighted by molar-refractivity contribution is -0.154. The molecule has 0 amide bonds. The molecule has 2 unspecified atom stereocenters. The van der Waals surface area contributed by atoms with Crippen LogP contribution in [0, 0.1) is 24.2 Å². The topological polar surface area (TPSA) is 109 Å². The fourth-order valence-electron chi connectivity index (χ4n) is 4.86. The van der Waals surface area contributed by atoms with Gasteiger partial charge in [-0.25, -0.2) is 4.98 Å². The van der Waals surface area contributed by atoms with Gasteiger partial charge in [0.15, 0.2) is 0 Å². The van der Waals surface area contributed by atoms with E-state index in [9.17, 15) is 19.8 Å². The number of aryl methyl sites for hydroxylation is 1. The van der Waals surface area contributed by atoms with Crippen LogP contribution in [-0.4, -0.2) is 57.0 Å². The van der Waals surface area contributed by atoms with Gasteiger partial charge in [0.25, 0.3) is 0 Å². The molecule has 7 nitrogen and oxygen atoms in total. The number of hydrogen-bond acceptors (Lipinski definition) is 8. The number of hydrogen-bond donors (Lipinski definition) is 2. The molecule has 35 heavy (non-hydrogen) atoms. The lowest BCUT2D eigenvalue weighted by atomic mass is 9.73. The van der Waals surface area contributed by atoms with Crippen molar-refractivity contribution in [1.29, 1.82) is 0 Å². The second kappa shape index (κ2) is 11.0. The molecule has 2 saturated heterocycles. The molecule has 0 aliphatic carbocycles. The third-order valence-electron chi connectivity index (χ3n) is 7.64. The van der Waals surface area contributed by atoms with Gasteiger partial charge in [0.2, 0.25) is 0 Å². The molecule has 2 N–H and O–H groups in total. The molecular weight excluding hydrogens is 490 g/mol. The Kier molecular flexibility index (Phi) is 8.86. The van der Waals surface area contributed by atoms with E-state index in [2.05, 4.69) is 4.98 Å². The fourth-order valence-corrected chi connectivity index (χ4v) is 5.68. The number of aromatic nitrogens is 1. The molecule has 9 heteroatoms. The van der Waals surface area contributed by atoms with E-state index in [0.29, 0.717) is 17.1 Å². The Morgan fingerprint density at radius 1 is 1.26 bits per heavy atom. The Balaban J connectivity index is 1.85. The van der Waals surface area contributed by atoms with Gasteiger partial charge >= 0.3 is 5.97 Å². The maximum atomic E-state index is 13.2. The van der Waals surface area contributed by atoms with Crippen molar-refractivity contribution >= 4 is 40.8 Å². The smallest absolute Gasteiger partial charge is 0.309 e. The summed E-state index contributed by atoms with van der Waals surface area (Å²) in [7, 11) is 0. The largest absolute Gasteiger partial charge is 0.456 e. The number of ether oxygens (including phenoxy) is 2.